The van der Waals surface area contributed by atoms with Gasteiger partial charge in [0.15, 0.2) is 0 Å². The van der Waals surface area contributed by atoms with Crippen LogP contribution in [0.2, 0.25) is 0 Å². The molecule has 1 atom stereocenters. The highest BCUT2D eigenvalue weighted by Crippen LogP contribution is 2.61. The SMILES string of the molecule is C=CC1(CO/C(N)=N/C(=O)OC(C)(C)C)c2cc(N)ccc2OC(C)(C)C12COC2. The van der Waals surface area contributed by atoms with Crippen molar-refractivity contribution in [2.24, 2.45) is 16.1 Å². The summed E-state index contributed by atoms with van der Waals surface area (Å²) in [5.74, 6) is 0.692. The second-order valence-electron chi connectivity index (χ2n) is 9.34. The summed E-state index contributed by atoms with van der Waals surface area (Å²) >= 11 is 0. The van der Waals surface area contributed by atoms with E-state index in [4.69, 9.17) is 30.4 Å². The van der Waals surface area contributed by atoms with Gasteiger partial charge in [-0.05, 0) is 52.8 Å². The van der Waals surface area contributed by atoms with Crippen molar-refractivity contribution >= 4 is 17.8 Å². The molecular weight excluding hydrogens is 386 g/mol. The van der Waals surface area contributed by atoms with Crippen LogP contribution in [0.5, 0.6) is 5.75 Å². The first kappa shape index (κ1) is 22.0. The normalized spacial score (nSPS) is 24.2. The molecule has 1 aromatic rings. The lowest BCUT2D eigenvalue weighted by molar-refractivity contribution is -0.242. The zero-order valence-corrected chi connectivity index (χ0v) is 18.3. The molecule has 1 amide bonds. The van der Waals surface area contributed by atoms with Crippen molar-refractivity contribution in [1.29, 1.82) is 0 Å². The quantitative estimate of drug-likeness (QED) is 0.336. The minimum Gasteiger partial charge on any atom is -0.487 e. The molecule has 1 unspecified atom stereocenters. The Balaban J connectivity index is 1.98. The molecule has 1 aromatic carbocycles. The van der Waals surface area contributed by atoms with Crippen LogP contribution in [-0.2, 0) is 19.6 Å². The molecule has 0 bridgehead atoms. The van der Waals surface area contributed by atoms with Gasteiger partial charge in [-0.15, -0.1) is 11.6 Å². The molecule has 1 saturated heterocycles. The van der Waals surface area contributed by atoms with Gasteiger partial charge in [0.05, 0.1) is 24.0 Å². The van der Waals surface area contributed by atoms with E-state index < -0.39 is 28.1 Å². The maximum atomic E-state index is 12.0. The Morgan fingerprint density at radius 1 is 1.33 bits per heavy atom. The molecule has 2 aliphatic rings. The molecule has 3 rings (SSSR count). The van der Waals surface area contributed by atoms with E-state index in [1.807, 2.05) is 32.1 Å². The Morgan fingerprint density at radius 3 is 2.53 bits per heavy atom. The Bertz CT molecular complexity index is 883. The fourth-order valence-corrected chi connectivity index (χ4v) is 4.24. The summed E-state index contributed by atoms with van der Waals surface area (Å²) in [5.41, 5.74) is 11.0. The predicted molar refractivity (Wildman–Crippen MR) is 114 cm³/mol. The van der Waals surface area contributed by atoms with Crippen LogP contribution < -0.4 is 16.2 Å². The number of ether oxygens (including phenoxy) is 4. The second kappa shape index (κ2) is 7.19. The molecule has 2 heterocycles. The zero-order valence-electron chi connectivity index (χ0n) is 18.3. The van der Waals surface area contributed by atoms with Gasteiger partial charge in [-0.1, -0.05) is 6.08 Å². The van der Waals surface area contributed by atoms with E-state index in [0.29, 0.717) is 24.7 Å². The highest BCUT2D eigenvalue weighted by molar-refractivity contribution is 5.85. The lowest BCUT2D eigenvalue weighted by Gasteiger charge is -2.63. The molecule has 1 fully saturated rings. The maximum absolute atomic E-state index is 12.0. The van der Waals surface area contributed by atoms with Crippen LogP contribution in [-0.4, -0.2) is 43.1 Å². The number of fused-ring (bicyclic) bond motifs is 1. The van der Waals surface area contributed by atoms with Crippen LogP contribution in [0, 0.1) is 5.41 Å². The van der Waals surface area contributed by atoms with E-state index in [1.54, 1.807) is 26.8 Å². The highest BCUT2D eigenvalue weighted by atomic mass is 16.6. The van der Waals surface area contributed by atoms with Crippen molar-refractivity contribution < 1.29 is 23.7 Å². The maximum Gasteiger partial charge on any atom is 0.438 e. The average molecular weight is 418 g/mol. The van der Waals surface area contributed by atoms with Gasteiger partial charge < -0.3 is 30.4 Å². The molecule has 0 radical (unpaired) electrons. The summed E-state index contributed by atoms with van der Waals surface area (Å²) < 4.78 is 22.9. The number of rotatable bonds is 3. The number of benzene rings is 1. The number of nitrogens with two attached hydrogens (primary N) is 2. The standard InChI is InChI=1S/C22H31N3O5/c1-7-21(11-28-17(24)25-18(26)30-19(2,3)4)15-10-14(23)8-9-16(15)29-20(5,6)22(21)12-27-13-22/h7-10H,1,11-13,23H2,2-6H3,(H2,24,25,26). The topological polar surface area (TPSA) is 118 Å². The van der Waals surface area contributed by atoms with Crippen LogP contribution in [0.4, 0.5) is 10.5 Å². The average Bonchev–Trinajstić information content (AvgIpc) is 2.56. The van der Waals surface area contributed by atoms with Crippen molar-refractivity contribution in [2.75, 3.05) is 25.6 Å². The number of amides is 1. The molecule has 8 nitrogen and oxygen atoms in total. The lowest BCUT2D eigenvalue weighted by Crippen LogP contribution is -2.72. The van der Waals surface area contributed by atoms with Gasteiger partial charge in [-0.3, -0.25) is 0 Å². The number of aliphatic imine (C=N–C) groups is 1. The van der Waals surface area contributed by atoms with Crippen LogP contribution in [0.25, 0.3) is 0 Å². The number of nitrogen functional groups attached to an aromatic ring is 1. The van der Waals surface area contributed by atoms with Crippen molar-refractivity contribution in [3.63, 3.8) is 0 Å². The fourth-order valence-electron chi connectivity index (χ4n) is 4.24. The predicted octanol–water partition coefficient (Wildman–Crippen LogP) is 3.15. The van der Waals surface area contributed by atoms with Crippen LogP contribution in [0.15, 0.2) is 35.8 Å². The van der Waals surface area contributed by atoms with Crippen LogP contribution in [0.1, 0.15) is 40.2 Å². The number of hydrogen-bond donors (Lipinski definition) is 2. The van der Waals surface area contributed by atoms with E-state index in [2.05, 4.69) is 11.6 Å². The van der Waals surface area contributed by atoms with Gasteiger partial charge in [-0.25, -0.2) is 4.79 Å². The molecule has 4 N–H and O–H groups in total. The van der Waals surface area contributed by atoms with Gasteiger partial charge in [0.1, 0.15) is 23.6 Å². The molecule has 1 spiro atoms. The molecule has 0 aliphatic carbocycles. The van der Waals surface area contributed by atoms with Crippen LogP contribution >= 0.6 is 0 Å². The van der Waals surface area contributed by atoms with Gasteiger partial charge in [0, 0.05) is 11.3 Å². The number of hydrogen-bond acceptors (Lipinski definition) is 6. The minimum atomic E-state index is -0.814. The third-order valence-corrected chi connectivity index (χ3v) is 5.94. The smallest absolute Gasteiger partial charge is 0.438 e. The summed E-state index contributed by atoms with van der Waals surface area (Å²) in [4.78, 5) is 15.7. The van der Waals surface area contributed by atoms with E-state index >= 15 is 0 Å². The molecule has 0 saturated carbocycles. The van der Waals surface area contributed by atoms with Crippen molar-refractivity contribution in [1.82, 2.24) is 0 Å². The summed E-state index contributed by atoms with van der Waals surface area (Å²) in [6.07, 6.45) is 1.02. The first-order valence-corrected chi connectivity index (χ1v) is 9.86. The van der Waals surface area contributed by atoms with Gasteiger partial charge in [0.2, 0.25) is 0 Å². The van der Waals surface area contributed by atoms with E-state index in [-0.39, 0.29) is 12.6 Å². The zero-order chi connectivity index (χ0) is 22.4. The monoisotopic (exact) mass is 417 g/mol. The summed E-state index contributed by atoms with van der Waals surface area (Å²) in [6.45, 7) is 14.4. The lowest BCUT2D eigenvalue weighted by atomic mass is 9.51. The first-order chi connectivity index (χ1) is 13.9. The Labute approximate surface area is 177 Å². The van der Waals surface area contributed by atoms with Crippen molar-refractivity contribution in [3.8, 4) is 5.75 Å². The third kappa shape index (κ3) is 3.49. The summed E-state index contributed by atoms with van der Waals surface area (Å²) in [6, 6.07) is 5.21. The Morgan fingerprint density at radius 2 is 2.00 bits per heavy atom. The summed E-state index contributed by atoms with van der Waals surface area (Å²) in [7, 11) is 0. The minimum absolute atomic E-state index is 0.0846. The molecule has 164 valence electrons. The highest BCUT2D eigenvalue weighted by Gasteiger charge is 2.68. The van der Waals surface area contributed by atoms with E-state index in [9.17, 15) is 4.79 Å². The number of nitrogens with zero attached hydrogens (tertiary/aromatic N) is 1. The number of amidine groups is 1. The van der Waals surface area contributed by atoms with E-state index in [1.165, 1.54) is 0 Å². The fraction of sp³-hybridized carbons (Fsp3) is 0.545. The van der Waals surface area contributed by atoms with Crippen molar-refractivity contribution in [2.45, 2.75) is 51.2 Å². The molecule has 8 heteroatoms. The van der Waals surface area contributed by atoms with Crippen molar-refractivity contribution in [3.05, 3.63) is 36.4 Å². The van der Waals surface area contributed by atoms with Gasteiger partial charge >= 0.3 is 6.09 Å². The molecule has 2 aliphatic heterocycles. The largest absolute Gasteiger partial charge is 0.487 e. The third-order valence-electron chi connectivity index (χ3n) is 5.94. The Kier molecular flexibility index (Phi) is 5.27. The Hall–Kier alpha value is -2.74. The molecule has 0 aromatic heterocycles. The number of carbonyl (C=O) groups excluding carboxylic acids is 1. The van der Waals surface area contributed by atoms with E-state index in [0.717, 1.165) is 5.56 Å². The molecule has 30 heavy (non-hydrogen) atoms. The van der Waals surface area contributed by atoms with Crippen LogP contribution in [0.3, 0.4) is 0 Å². The van der Waals surface area contributed by atoms with Gasteiger partial charge in [0.25, 0.3) is 6.02 Å². The number of anilines is 1. The second-order valence-corrected chi connectivity index (χ2v) is 9.34. The first-order valence-electron chi connectivity index (χ1n) is 9.86. The molecular formula is C22H31N3O5. The van der Waals surface area contributed by atoms with Gasteiger partial charge in [-0.2, -0.15) is 0 Å². The number of carbonyl (C=O) groups is 1. The summed E-state index contributed by atoms with van der Waals surface area (Å²) in [5, 5.41) is 0.